The molecule has 11 unspecified atom stereocenters. The van der Waals surface area contributed by atoms with Gasteiger partial charge in [-0.15, -0.1) is 0 Å². The normalized spacial score (nSPS) is 35.4. The minimum absolute atomic E-state index is 0.0212. The third-order valence-electron chi connectivity index (χ3n) is 13.2. The highest BCUT2D eigenvalue weighted by molar-refractivity contribution is 7.80. The summed E-state index contributed by atoms with van der Waals surface area (Å²) >= 11 is 0. The van der Waals surface area contributed by atoms with Crippen LogP contribution in [0.2, 0.25) is 0 Å². The number of ether oxygens (including phenoxy) is 8. The van der Waals surface area contributed by atoms with E-state index in [2.05, 4.69) is 44.5 Å². The van der Waals surface area contributed by atoms with Crippen molar-refractivity contribution in [3.63, 3.8) is 0 Å². The Morgan fingerprint density at radius 2 is 1.04 bits per heavy atom. The van der Waals surface area contributed by atoms with Gasteiger partial charge in [0.25, 0.3) is 5.91 Å². The first-order valence-corrected chi connectivity index (χ1v) is 27.0. The zero-order valence-corrected chi connectivity index (χ0v) is 44.3. The van der Waals surface area contributed by atoms with Crippen LogP contribution >= 0.6 is 0 Å². The molecule has 1 aromatic rings. The van der Waals surface area contributed by atoms with Crippen molar-refractivity contribution >= 4 is 34.0 Å². The number of para-hydroxylation sites is 1. The van der Waals surface area contributed by atoms with Gasteiger partial charge in [-0.2, -0.15) is 8.42 Å². The molecule has 0 aromatic heterocycles. The Balaban J connectivity index is 1.36. The molecule has 4 saturated heterocycles. The molecule has 29 nitrogen and oxygen atoms in total. The van der Waals surface area contributed by atoms with Gasteiger partial charge in [-0.05, 0) is 37.8 Å². The largest absolute Gasteiger partial charge is 0.493 e. The summed E-state index contributed by atoms with van der Waals surface area (Å²) in [6, 6.07) is -0.578. The van der Waals surface area contributed by atoms with Crippen LogP contribution in [-0.2, 0) is 62.1 Å². The topological polar surface area (TPSA) is 436 Å². The van der Waals surface area contributed by atoms with E-state index in [9.17, 15) is 78.1 Å². The van der Waals surface area contributed by atoms with Gasteiger partial charge in [0.1, 0.15) is 103 Å². The van der Waals surface area contributed by atoms with Gasteiger partial charge in [-0.1, -0.05) is 50.5 Å². The molecule has 1 aromatic carbocycles. The average Bonchev–Trinajstić information content (AvgIpc) is 3.41. The van der Waals surface area contributed by atoms with Crippen molar-refractivity contribution in [2.24, 2.45) is 0 Å². The molecule has 5 rings (SSSR count). The van der Waals surface area contributed by atoms with Crippen LogP contribution in [0.3, 0.4) is 0 Å². The molecule has 4 fully saturated rings. The summed E-state index contributed by atoms with van der Waals surface area (Å²) in [5.74, 6) is -3.05. The van der Waals surface area contributed by atoms with Crippen LogP contribution in [0, 0.1) is 0 Å². The summed E-state index contributed by atoms with van der Waals surface area (Å²) in [4.78, 5) is 51.3. The van der Waals surface area contributed by atoms with Crippen LogP contribution < -0.4 is 26.0 Å². The number of aliphatic hydroxyl groups excluding tert-OH is 9. The number of carbonyl (C=O) groups excluding carboxylic acids is 4. The van der Waals surface area contributed by atoms with Gasteiger partial charge in [-0.3, -0.25) is 23.7 Å². The Morgan fingerprint density at radius 3 is 1.54 bits per heavy atom. The first kappa shape index (κ1) is 64.7. The second kappa shape index (κ2) is 30.6. The molecule has 0 spiro atoms. The Hall–Kier alpha value is -4.13. The molecular formula is C48H76N4O25S. The number of allylic oxidation sites excluding steroid dienone is 2. The van der Waals surface area contributed by atoms with Crippen LogP contribution in [0.4, 0.5) is 0 Å². The van der Waals surface area contributed by atoms with Gasteiger partial charge in [0.05, 0.1) is 38.6 Å². The first-order valence-electron chi connectivity index (χ1n) is 25.6. The van der Waals surface area contributed by atoms with E-state index in [0.29, 0.717) is 6.42 Å². The van der Waals surface area contributed by atoms with E-state index in [1.165, 1.54) is 18.9 Å². The first-order chi connectivity index (χ1) is 37.0. The molecule has 14 N–H and O–H groups in total. The van der Waals surface area contributed by atoms with E-state index in [0.717, 1.165) is 46.5 Å². The molecule has 4 heterocycles. The molecule has 0 bridgehead atoms. The number of unbranched alkanes of at least 4 members (excludes halogenated alkanes) is 5. The van der Waals surface area contributed by atoms with Crippen LogP contribution in [-0.4, -0.2) is 238 Å². The van der Waals surface area contributed by atoms with Gasteiger partial charge in [0.2, 0.25) is 17.7 Å². The van der Waals surface area contributed by atoms with Crippen LogP contribution in [0.5, 0.6) is 5.75 Å². The van der Waals surface area contributed by atoms with Gasteiger partial charge < -0.3 is 105 Å². The van der Waals surface area contributed by atoms with E-state index in [1.807, 2.05) is 0 Å². The lowest BCUT2D eigenvalue weighted by molar-refractivity contribution is -0.361. The molecular weight excluding hydrogens is 1060 g/mol. The summed E-state index contributed by atoms with van der Waals surface area (Å²) in [6.45, 7) is 1.48. The van der Waals surface area contributed by atoms with Crippen molar-refractivity contribution in [3.8, 4) is 5.75 Å². The van der Waals surface area contributed by atoms with Crippen molar-refractivity contribution < 1.29 is 120 Å². The molecule has 0 aliphatic carbocycles. The number of amides is 4. The lowest BCUT2D eigenvalue weighted by Crippen LogP contribution is -2.71. The van der Waals surface area contributed by atoms with Crippen LogP contribution in [0.25, 0.3) is 0 Å². The maximum Gasteiger partial charge on any atom is 0.397 e. The van der Waals surface area contributed by atoms with E-state index >= 15 is 0 Å². The number of rotatable bonds is 27. The minimum atomic E-state index is -5.16. The molecule has 4 aliphatic heterocycles. The Labute approximate surface area is 450 Å². The van der Waals surface area contributed by atoms with Crippen molar-refractivity contribution in [2.75, 3.05) is 33.0 Å². The van der Waals surface area contributed by atoms with Gasteiger partial charge in [0, 0.05) is 20.8 Å². The summed E-state index contributed by atoms with van der Waals surface area (Å²) in [5.41, 5.74) is 0.0212. The van der Waals surface area contributed by atoms with Crippen molar-refractivity contribution in [1.29, 1.82) is 0 Å². The molecule has 78 heavy (non-hydrogen) atoms. The quantitative estimate of drug-likeness (QED) is 0.0225. The third-order valence-corrected chi connectivity index (χ3v) is 13.7. The molecule has 0 radical (unpaired) electrons. The fourth-order valence-corrected chi connectivity index (χ4v) is 9.70. The third kappa shape index (κ3) is 17.7. The van der Waals surface area contributed by atoms with E-state index in [4.69, 9.17) is 37.9 Å². The van der Waals surface area contributed by atoms with E-state index in [-0.39, 0.29) is 17.9 Å². The van der Waals surface area contributed by atoms with Gasteiger partial charge in [0.15, 0.2) is 25.2 Å². The van der Waals surface area contributed by atoms with Crippen molar-refractivity contribution in [3.05, 3.63) is 42.0 Å². The number of carbonyl (C=O) groups is 4. The molecule has 4 aliphatic rings. The number of nitrogens with one attached hydrogen (secondary N) is 4. The predicted molar refractivity (Wildman–Crippen MR) is 263 cm³/mol. The lowest BCUT2D eigenvalue weighted by Gasteiger charge is -2.51. The highest BCUT2D eigenvalue weighted by Crippen LogP contribution is 2.35. The van der Waals surface area contributed by atoms with Gasteiger partial charge >= 0.3 is 10.4 Å². The molecule has 444 valence electrons. The standard InChI is InChI=1S/C48H76N4O25S/c1-5-6-7-8-9-10-11-12-15-18-69-27-17-14-13-16-26(27)44(64)52-33-37(60)36(59)28(19-53)72-46(33)75-41-29(20-54)73-47(34(39(41)62)50-24(3)57)76-42-30(21-55)74-48(35(40(42)63)51-25(4)58)77-43-31(22-70-78(66,67)68)71-45(65)32(38(43)61)49-23(2)56/h10-11,13-14,16-17,28-43,45-48,53-55,59-63,65H,5-9,12,15,18-22H2,1-4H3,(H,49,56)(H,50,57)(H,51,58)(H,52,64)(H,66,67,68)/b11-10-/t28?,29?,30?,31?,32?,33?,34?,35?,36-,37+,38?,39?,40+,41+,42-,43+,45?,46-,47+,48-/m0/s1. The smallest absolute Gasteiger partial charge is 0.397 e. The second-order valence-corrected chi connectivity index (χ2v) is 20.3. The number of hydrogen-bond donors (Lipinski definition) is 14. The highest BCUT2D eigenvalue weighted by atomic mass is 32.3. The predicted octanol–water partition coefficient (Wildman–Crippen LogP) is -4.37. The summed E-state index contributed by atoms with van der Waals surface area (Å²) < 4.78 is 84.1. The van der Waals surface area contributed by atoms with E-state index in [1.54, 1.807) is 18.2 Å². The average molecular weight is 1140 g/mol. The number of aliphatic hydroxyl groups is 9. The maximum absolute atomic E-state index is 14.0. The fourth-order valence-electron chi connectivity index (χ4n) is 9.39. The molecule has 4 amide bonds. The van der Waals surface area contributed by atoms with Crippen molar-refractivity contribution in [2.45, 2.75) is 195 Å². The highest BCUT2D eigenvalue weighted by Gasteiger charge is 2.56. The second-order valence-electron chi connectivity index (χ2n) is 19.2. The van der Waals surface area contributed by atoms with Crippen LogP contribution in [0.15, 0.2) is 36.4 Å². The number of hydrogen-bond acceptors (Lipinski definition) is 24. The molecule has 0 saturated carbocycles. The Morgan fingerprint density at radius 1 is 0.577 bits per heavy atom. The summed E-state index contributed by atoms with van der Waals surface area (Å²) in [6.07, 6.45) is -18.4. The molecule has 30 heteroatoms. The maximum atomic E-state index is 14.0. The Bertz CT molecular complexity index is 2220. The van der Waals surface area contributed by atoms with Crippen molar-refractivity contribution in [1.82, 2.24) is 21.3 Å². The SMILES string of the molecule is CCCCCC/C=C\CCCOc1ccccc1C(=O)NC1[C@H](O[C@@H]2C(CO)O[C@H](O[C@H]3C(CO)O[C@@H](O[C@@H]4C(COS(=O)(=O)O)OC(O)C(NC(C)=O)C4O)C(NC(C)=O)[C@H]3O)C(NC(C)=O)C2O)OC(CO)[C@H](O)[C@@H]1O. The zero-order valence-electron chi connectivity index (χ0n) is 43.5. The summed E-state index contributed by atoms with van der Waals surface area (Å²) in [7, 11) is -5.16. The zero-order chi connectivity index (χ0) is 57.4. The van der Waals surface area contributed by atoms with E-state index < -0.39 is 183 Å². The number of benzene rings is 1. The monoisotopic (exact) mass is 1140 g/mol. The Kier molecular flexibility index (Phi) is 25.4. The lowest BCUT2D eigenvalue weighted by atomic mass is 9.93. The summed E-state index contributed by atoms with van der Waals surface area (Å²) in [5, 5.41) is 109. The minimum Gasteiger partial charge on any atom is -0.493 e. The van der Waals surface area contributed by atoms with Crippen LogP contribution in [0.1, 0.15) is 83.0 Å². The molecule has 20 atom stereocenters. The fraction of sp³-hybridized carbons (Fsp3) is 0.750. The van der Waals surface area contributed by atoms with Gasteiger partial charge in [-0.25, -0.2) is 4.18 Å².